The molecular weight excluding hydrogens is 547 g/mol. The van der Waals surface area contributed by atoms with Crippen LogP contribution in [0.3, 0.4) is 0 Å². The van der Waals surface area contributed by atoms with Crippen molar-refractivity contribution in [1.82, 2.24) is 29.7 Å². The van der Waals surface area contributed by atoms with Crippen LogP contribution in [0.1, 0.15) is 42.4 Å². The number of amides is 1. The van der Waals surface area contributed by atoms with Crippen LogP contribution < -0.4 is 16.2 Å². The maximum absolute atomic E-state index is 13.3. The highest BCUT2D eigenvalue weighted by atomic mass is 19.4. The van der Waals surface area contributed by atoms with Crippen LogP contribution in [0.15, 0.2) is 47.5 Å². The van der Waals surface area contributed by atoms with Crippen LogP contribution in [-0.4, -0.2) is 76.1 Å². The molecule has 224 valence electrons. The Morgan fingerprint density at radius 1 is 1.10 bits per heavy atom. The fourth-order valence-electron chi connectivity index (χ4n) is 5.53. The van der Waals surface area contributed by atoms with Crippen LogP contribution in [0.2, 0.25) is 0 Å². The number of benzene rings is 1. The molecule has 0 saturated carbocycles. The summed E-state index contributed by atoms with van der Waals surface area (Å²) in [5.74, 6) is 0.551. The number of aromatic nitrogens is 3. The van der Waals surface area contributed by atoms with Crippen molar-refractivity contribution in [1.29, 1.82) is 0 Å². The smallest absolute Gasteiger partial charge is 0.365 e. The fraction of sp³-hybridized carbons (Fsp3) is 0.467. The highest BCUT2D eigenvalue weighted by molar-refractivity contribution is 5.89. The highest BCUT2D eigenvalue weighted by Crippen LogP contribution is 2.30. The van der Waals surface area contributed by atoms with Crippen molar-refractivity contribution in [3.8, 4) is 0 Å². The highest BCUT2D eigenvalue weighted by Gasteiger charge is 2.30. The van der Waals surface area contributed by atoms with E-state index in [0.717, 1.165) is 63.3 Å². The van der Waals surface area contributed by atoms with Gasteiger partial charge in [-0.05, 0) is 55.1 Å². The van der Waals surface area contributed by atoms with Crippen molar-refractivity contribution >= 4 is 28.3 Å². The molecule has 2 N–H and O–H groups in total. The lowest BCUT2D eigenvalue weighted by molar-refractivity contribution is -0.137. The van der Waals surface area contributed by atoms with E-state index in [1.807, 2.05) is 11.0 Å². The van der Waals surface area contributed by atoms with Crippen molar-refractivity contribution in [2.75, 3.05) is 51.1 Å². The molecule has 2 aliphatic heterocycles. The van der Waals surface area contributed by atoms with Gasteiger partial charge in [0.2, 0.25) is 5.91 Å². The largest absolute Gasteiger partial charge is 0.416 e. The van der Waals surface area contributed by atoms with Gasteiger partial charge in [-0.15, -0.1) is 0 Å². The molecule has 0 radical (unpaired) electrons. The molecule has 0 bridgehead atoms. The van der Waals surface area contributed by atoms with Crippen LogP contribution in [0.4, 0.5) is 19.0 Å². The van der Waals surface area contributed by atoms with Crippen LogP contribution in [0.25, 0.3) is 16.6 Å². The zero-order chi connectivity index (χ0) is 29.7. The number of pyridine rings is 1. The molecule has 1 saturated heterocycles. The Bertz CT molecular complexity index is 1510. The summed E-state index contributed by atoms with van der Waals surface area (Å²) in [7, 11) is 1.64. The molecule has 0 atom stereocenters. The van der Waals surface area contributed by atoms with E-state index in [1.165, 1.54) is 17.0 Å². The number of hydrogen-bond donors (Lipinski definition) is 2. The first-order valence-electron chi connectivity index (χ1n) is 14.4. The molecule has 2 aromatic heterocycles. The van der Waals surface area contributed by atoms with E-state index in [0.29, 0.717) is 53.9 Å². The van der Waals surface area contributed by atoms with Gasteiger partial charge >= 0.3 is 6.18 Å². The maximum Gasteiger partial charge on any atom is 0.416 e. The normalized spacial score (nSPS) is 16.5. The van der Waals surface area contributed by atoms with Gasteiger partial charge < -0.3 is 20.4 Å². The Morgan fingerprint density at radius 3 is 2.64 bits per heavy atom. The quantitative estimate of drug-likeness (QED) is 0.372. The summed E-state index contributed by atoms with van der Waals surface area (Å²) in [5.41, 5.74) is 1.30. The third-order valence-corrected chi connectivity index (χ3v) is 7.95. The first kappa shape index (κ1) is 29.7. The lowest BCUT2D eigenvalue weighted by atomic mass is 9.99. The van der Waals surface area contributed by atoms with Gasteiger partial charge in [-0.2, -0.15) is 13.2 Å². The summed E-state index contributed by atoms with van der Waals surface area (Å²) in [5, 5.41) is 7.05. The average Bonchev–Trinajstić information content (AvgIpc) is 3.00. The van der Waals surface area contributed by atoms with Crippen LogP contribution in [-0.2, 0) is 24.6 Å². The second kappa shape index (κ2) is 13.0. The van der Waals surface area contributed by atoms with E-state index in [2.05, 4.69) is 25.5 Å². The van der Waals surface area contributed by atoms with E-state index < -0.39 is 11.7 Å². The van der Waals surface area contributed by atoms with Crippen molar-refractivity contribution in [3.63, 3.8) is 0 Å². The number of nitrogens with zero attached hydrogens (tertiary/aromatic N) is 5. The number of aryl methyl sites for hydroxylation is 1. The van der Waals surface area contributed by atoms with Crippen molar-refractivity contribution < 1.29 is 18.0 Å². The van der Waals surface area contributed by atoms with Crippen molar-refractivity contribution in [2.24, 2.45) is 7.05 Å². The van der Waals surface area contributed by atoms with Crippen molar-refractivity contribution in [3.05, 3.63) is 69.8 Å². The summed E-state index contributed by atoms with van der Waals surface area (Å²) in [6, 6.07) is 6.86. The first-order chi connectivity index (χ1) is 20.2. The van der Waals surface area contributed by atoms with E-state index in [4.69, 9.17) is 0 Å². The lowest BCUT2D eigenvalue weighted by Gasteiger charge is -2.28. The molecule has 3 aromatic rings. The summed E-state index contributed by atoms with van der Waals surface area (Å²) < 4.78 is 40.9. The van der Waals surface area contributed by atoms with Gasteiger partial charge in [-0.25, -0.2) is 9.97 Å². The number of piperazine rings is 1. The molecule has 5 rings (SSSR count). The van der Waals surface area contributed by atoms with E-state index >= 15 is 0 Å². The Kier molecular flexibility index (Phi) is 9.22. The number of halogens is 3. The van der Waals surface area contributed by atoms with E-state index in [-0.39, 0.29) is 18.0 Å². The molecule has 2 aliphatic rings. The summed E-state index contributed by atoms with van der Waals surface area (Å²) in [4.78, 5) is 38.9. The zero-order valence-electron chi connectivity index (χ0n) is 23.7. The molecule has 4 heterocycles. The predicted molar refractivity (Wildman–Crippen MR) is 156 cm³/mol. The molecule has 1 fully saturated rings. The molecule has 12 heteroatoms. The molecule has 1 amide bonds. The number of nitrogens with one attached hydrogen (secondary N) is 2. The molecule has 0 unspecified atom stereocenters. The summed E-state index contributed by atoms with van der Waals surface area (Å²) >= 11 is 0. The van der Waals surface area contributed by atoms with Crippen LogP contribution in [0.5, 0.6) is 0 Å². The number of alkyl halides is 3. The molecule has 0 spiro atoms. The number of carbonyl (C=O) groups is 1. The SMILES string of the molecule is Cn1c(=O)c(C2=CCN(C(=O)CCCCN3CCNCC3)CC2)cc2c(NCc3cccc(C(F)(F)F)c3)ncnc21. The molecular formula is C30H36F3N7O2. The van der Waals surface area contributed by atoms with Gasteiger partial charge in [-0.1, -0.05) is 18.2 Å². The van der Waals surface area contributed by atoms with Gasteiger partial charge in [-0.3, -0.25) is 14.2 Å². The third-order valence-electron chi connectivity index (χ3n) is 7.95. The molecule has 1 aromatic carbocycles. The van der Waals surface area contributed by atoms with E-state index in [9.17, 15) is 22.8 Å². The second-order valence-electron chi connectivity index (χ2n) is 10.8. The Labute approximate surface area is 242 Å². The zero-order valence-corrected chi connectivity index (χ0v) is 23.7. The van der Waals surface area contributed by atoms with Gasteiger partial charge in [0, 0.05) is 64.8 Å². The molecule has 9 nitrogen and oxygen atoms in total. The number of rotatable bonds is 9. The number of carbonyl (C=O) groups excluding carboxylic acids is 1. The summed E-state index contributed by atoms with van der Waals surface area (Å²) in [6.07, 6.45) is 1.76. The predicted octanol–water partition coefficient (Wildman–Crippen LogP) is 3.65. The summed E-state index contributed by atoms with van der Waals surface area (Å²) in [6.45, 7) is 6.27. The van der Waals surface area contributed by atoms with Crippen LogP contribution in [0, 0.1) is 0 Å². The maximum atomic E-state index is 13.3. The second-order valence-corrected chi connectivity index (χ2v) is 10.8. The van der Waals surface area contributed by atoms with Gasteiger partial charge in [0.05, 0.1) is 10.9 Å². The average molecular weight is 584 g/mol. The van der Waals surface area contributed by atoms with Crippen molar-refractivity contribution in [2.45, 2.75) is 38.4 Å². The monoisotopic (exact) mass is 583 g/mol. The lowest BCUT2D eigenvalue weighted by Crippen LogP contribution is -2.43. The Balaban J connectivity index is 1.26. The van der Waals surface area contributed by atoms with E-state index in [1.54, 1.807) is 19.2 Å². The van der Waals surface area contributed by atoms with Crippen LogP contribution >= 0.6 is 0 Å². The Morgan fingerprint density at radius 2 is 1.90 bits per heavy atom. The number of fused-ring (bicyclic) bond motifs is 1. The minimum Gasteiger partial charge on any atom is -0.365 e. The minimum absolute atomic E-state index is 0.114. The van der Waals surface area contributed by atoms with Gasteiger partial charge in [0.1, 0.15) is 17.8 Å². The number of anilines is 1. The molecule has 42 heavy (non-hydrogen) atoms. The topological polar surface area (TPSA) is 95.4 Å². The standard InChI is InChI=1S/C30H36F3N7O2/c1-38-28-25(27(36-20-37-28)35-19-21-5-4-6-23(17-21)30(31,32)33)18-24(29(38)42)22-8-13-40(14-9-22)26(41)7-2-3-12-39-15-10-34-11-16-39/h4-6,8,17-18,20,34H,2-3,7,9-16,19H2,1H3,(H,35,36,37). The fourth-order valence-corrected chi connectivity index (χ4v) is 5.53. The van der Waals surface area contributed by atoms with Gasteiger partial charge in [0.15, 0.2) is 0 Å². The van der Waals surface area contributed by atoms with Gasteiger partial charge in [0.25, 0.3) is 5.56 Å². The number of unbranched alkanes of at least 4 members (excludes halogenated alkanes) is 1. The Hall–Kier alpha value is -3.77. The third kappa shape index (κ3) is 6.99. The first-order valence-corrected chi connectivity index (χ1v) is 14.4. The number of hydrogen-bond acceptors (Lipinski definition) is 7. The minimum atomic E-state index is -4.43. The molecule has 0 aliphatic carbocycles.